The normalized spacial score (nSPS) is 13.2. The number of carbonyl (C=O) groups excluding carboxylic acids is 2. The summed E-state index contributed by atoms with van der Waals surface area (Å²) in [6.07, 6.45) is -0.737. The fraction of sp³-hybridized carbons (Fsp3) is 0.333. The number of hydrogen-bond donors (Lipinski definition) is 2. The number of hydrogen-bond acceptors (Lipinski definition) is 6. The second-order valence-corrected chi connectivity index (χ2v) is 11.9. The molecule has 224 valence electrons. The minimum atomic E-state index is -0.662. The minimum Gasteiger partial charge on any atom is -0.449 e. The number of halogens is 1. The van der Waals surface area contributed by atoms with Crippen LogP contribution in [0.5, 0.6) is 0 Å². The Kier molecular flexibility index (Phi) is 8.73. The van der Waals surface area contributed by atoms with E-state index in [0.717, 1.165) is 22.3 Å². The molecule has 0 aliphatic heterocycles. The molecule has 2 amide bonds. The van der Waals surface area contributed by atoms with Crippen LogP contribution in [0.15, 0.2) is 71.5 Å². The highest BCUT2D eigenvalue weighted by atomic mass is 35.5. The van der Waals surface area contributed by atoms with Crippen molar-refractivity contribution >= 4 is 34.7 Å². The average molecular weight is 603 g/mol. The van der Waals surface area contributed by atoms with Crippen LogP contribution in [0.1, 0.15) is 63.0 Å². The van der Waals surface area contributed by atoms with Gasteiger partial charge in [0.2, 0.25) is 0 Å². The Bertz CT molecular complexity index is 1680. The Morgan fingerprint density at radius 1 is 0.977 bits per heavy atom. The molecule has 43 heavy (non-hydrogen) atoms. The molecular weight excluding hydrogens is 568 g/mol. The maximum atomic E-state index is 13.6. The van der Waals surface area contributed by atoms with E-state index in [1.54, 1.807) is 45.9 Å². The summed E-state index contributed by atoms with van der Waals surface area (Å²) >= 11 is 6.37. The molecule has 0 saturated heterocycles. The minimum absolute atomic E-state index is 0.0787. The summed E-state index contributed by atoms with van der Waals surface area (Å²) in [5.41, 5.74) is 4.00. The van der Waals surface area contributed by atoms with Crippen molar-refractivity contribution in [2.75, 3.05) is 13.2 Å². The molecule has 0 spiro atoms. The molecule has 1 atom stereocenters. The maximum absolute atomic E-state index is 13.6. The van der Waals surface area contributed by atoms with E-state index in [-0.39, 0.29) is 31.2 Å². The lowest BCUT2D eigenvalue weighted by Crippen LogP contribution is -2.36. The monoisotopic (exact) mass is 602 g/mol. The summed E-state index contributed by atoms with van der Waals surface area (Å²) < 4.78 is 12.5. The number of fused-ring (bicyclic) bond motifs is 4. The van der Waals surface area contributed by atoms with Crippen molar-refractivity contribution in [2.24, 2.45) is 0 Å². The lowest BCUT2D eigenvalue weighted by Gasteiger charge is -2.21. The molecule has 0 radical (unpaired) electrons. The second-order valence-electron chi connectivity index (χ2n) is 11.5. The molecule has 1 aromatic heterocycles. The van der Waals surface area contributed by atoms with Gasteiger partial charge < -0.3 is 20.1 Å². The van der Waals surface area contributed by atoms with E-state index in [2.05, 4.69) is 34.9 Å². The van der Waals surface area contributed by atoms with E-state index in [0.29, 0.717) is 28.2 Å². The van der Waals surface area contributed by atoms with Crippen molar-refractivity contribution in [1.82, 2.24) is 20.2 Å². The zero-order valence-electron chi connectivity index (χ0n) is 24.6. The molecule has 10 heteroatoms. The zero-order chi connectivity index (χ0) is 30.7. The van der Waals surface area contributed by atoms with Gasteiger partial charge >= 0.3 is 12.2 Å². The highest BCUT2D eigenvalue weighted by Crippen LogP contribution is 2.44. The number of alkyl carbamates (subject to hydrolysis) is 2. The predicted molar refractivity (Wildman–Crippen MR) is 166 cm³/mol. The molecule has 4 aromatic rings. The topological polar surface area (TPSA) is 112 Å². The number of carbonyl (C=O) groups is 2. The molecule has 0 bridgehead atoms. The van der Waals surface area contributed by atoms with Gasteiger partial charge in [-0.05, 0) is 68.5 Å². The molecule has 0 unspecified atom stereocenters. The molecule has 2 N–H and O–H groups in total. The number of amides is 2. The Hall–Kier alpha value is -4.37. The van der Waals surface area contributed by atoms with Crippen LogP contribution < -0.4 is 16.2 Å². The van der Waals surface area contributed by atoms with Crippen molar-refractivity contribution < 1.29 is 19.1 Å². The Morgan fingerprint density at radius 2 is 1.63 bits per heavy atom. The number of nitrogens with one attached hydrogen (secondary N) is 2. The van der Waals surface area contributed by atoms with E-state index in [4.69, 9.17) is 26.1 Å². The summed E-state index contributed by atoms with van der Waals surface area (Å²) in [5.74, 6) is 0.274. The van der Waals surface area contributed by atoms with Crippen LogP contribution in [0.2, 0.25) is 5.02 Å². The predicted octanol–water partition coefficient (Wildman–Crippen LogP) is 6.56. The largest absolute Gasteiger partial charge is 0.449 e. The van der Waals surface area contributed by atoms with Crippen LogP contribution in [0.3, 0.4) is 0 Å². The molecule has 9 nitrogen and oxygen atoms in total. The van der Waals surface area contributed by atoms with E-state index < -0.39 is 23.8 Å². The van der Waals surface area contributed by atoms with Crippen LogP contribution >= 0.6 is 11.6 Å². The number of rotatable bonds is 8. The van der Waals surface area contributed by atoms with Crippen LogP contribution in [-0.4, -0.2) is 40.5 Å². The number of benzene rings is 3. The first kappa shape index (κ1) is 30.1. The van der Waals surface area contributed by atoms with Gasteiger partial charge in [0.15, 0.2) is 0 Å². The van der Waals surface area contributed by atoms with E-state index >= 15 is 0 Å². The van der Waals surface area contributed by atoms with E-state index in [1.165, 1.54) is 4.57 Å². The van der Waals surface area contributed by atoms with Gasteiger partial charge in [-0.1, -0.05) is 66.2 Å². The Morgan fingerprint density at radius 3 is 2.28 bits per heavy atom. The third-order valence-corrected chi connectivity index (χ3v) is 7.57. The van der Waals surface area contributed by atoms with Crippen LogP contribution in [0, 0.1) is 0 Å². The van der Waals surface area contributed by atoms with Gasteiger partial charge in [-0.15, -0.1) is 0 Å². The smallest absolute Gasteiger partial charge is 0.407 e. The van der Waals surface area contributed by atoms with Gasteiger partial charge in [-0.2, -0.15) is 0 Å². The number of ether oxygens (including phenoxy) is 2. The summed E-state index contributed by atoms with van der Waals surface area (Å²) in [6.45, 7) is 7.77. The third kappa shape index (κ3) is 6.67. The van der Waals surface area contributed by atoms with E-state index in [9.17, 15) is 14.4 Å². The lowest BCUT2D eigenvalue weighted by molar-refractivity contribution is 0.0526. The van der Waals surface area contributed by atoms with E-state index in [1.807, 2.05) is 24.3 Å². The van der Waals surface area contributed by atoms with Gasteiger partial charge in [-0.3, -0.25) is 9.36 Å². The summed E-state index contributed by atoms with van der Waals surface area (Å²) in [7, 11) is 0. The Balaban J connectivity index is 1.30. The summed E-state index contributed by atoms with van der Waals surface area (Å²) in [4.78, 5) is 43.4. The third-order valence-electron chi connectivity index (χ3n) is 7.25. The highest BCUT2D eigenvalue weighted by molar-refractivity contribution is 6.35. The Labute approximate surface area is 255 Å². The molecule has 1 heterocycles. The fourth-order valence-corrected chi connectivity index (χ4v) is 5.66. The SMILES string of the molecule is C[C@H](NC(=O)OCC1c2ccccc2-c2ccccc21)c1nc2cccc(Cl)c2c(=O)n1CCCNC(=O)OC(C)(C)C. The molecule has 3 aromatic carbocycles. The van der Waals surface area contributed by atoms with Crippen molar-refractivity contribution in [3.8, 4) is 11.1 Å². The highest BCUT2D eigenvalue weighted by Gasteiger charge is 2.29. The fourth-order valence-electron chi connectivity index (χ4n) is 5.41. The average Bonchev–Trinajstić information content (AvgIpc) is 3.27. The molecule has 1 aliphatic rings. The first-order valence-electron chi connectivity index (χ1n) is 14.3. The maximum Gasteiger partial charge on any atom is 0.407 e. The van der Waals surface area contributed by atoms with Gasteiger partial charge in [0.05, 0.1) is 22.0 Å². The van der Waals surface area contributed by atoms with Gasteiger partial charge in [0.25, 0.3) is 5.56 Å². The van der Waals surface area contributed by atoms with Crippen molar-refractivity contribution in [3.63, 3.8) is 0 Å². The number of nitrogens with zero attached hydrogens (tertiary/aromatic N) is 2. The summed E-state index contributed by atoms with van der Waals surface area (Å²) in [5, 5.41) is 6.13. The first-order valence-corrected chi connectivity index (χ1v) is 14.7. The van der Waals surface area contributed by atoms with Gasteiger partial charge in [0, 0.05) is 19.0 Å². The second kappa shape index (κ2) is 12.5. The van der Waals surface area contributed by atoms with Crippen LogP contribution in [0.4, 0.5) is 9.59 Å². The molecule has 1 aliphatic carbocycles. The zero-order valence-corrected chi connectivity index (χ0v) is 25.4. The lowest BCUT2D eigenvalue weighted by atomic mass is 9.98. The van der Waals surface area contributed by atoms with Crippen molar-refractivity contribution in [1.29, 1.82) is 0 Å². The molecule has 0 fully saturated rings. The van der Waals surface area contributed by atoms with Gasteiger partial charge in [0.1, 0.15) is 18.0 Å². The molecule has 0 saturated carbocycles. The van der Waals surface area contributed by atoms with Crippen LogP contribution in [-0.2, 0) is 16.0 Å². The molecular formula is C33H35ClN4O5. The summed E-state index contributed by atoms with van der Waals surface area (Å²) in [6, 6.07) is 20.7. The standard InChI is InChI=1S/C33H35ClN4O5/c1-20(36-32(41)42-19-25-23-13-7-5-11-21(23)22-12-6-8-14-24(22)25)29-37-27-16-9-15-26(34)28(27)30(39)38(29)18-10-17-35-31(40)43-33(2,3)4/h5-9,11-16,20,25H,10,17-19H2,1-4H3,(H,35,40)(H,36,41)/t20-/m0/s1. The van der Waals surface area contributed by atoms with Crippen molar-refractivity contribution in [2.45, 2.75) is 58.2 Å². The number of aromatic nitrogens is 2. The molecule has 5 rings (SSSR count). The first-order chi connectivity index (χ1) is 20.5. The van der Waals surface area contributed by atoms with Crippen molar-refractivity contribution in [3.05, 3.63) is 99.1 Å². The van der Waals surface area contributed by atoms with Gasteiger partial charge in [-0.25, -0.2) is 14.6 Å². The van der Waals surface area contributed by atoms with Crippen LogP contribution in [0.25, 0.3) is 22.0 Å². The quantitative estimate of drug-likeness (QED) is 0.221.